The number of ketones is 1. The Kier molecular flexibility index (Phi) is 10.4. The van der Waals surface area contributed by atoms with Gasteiger partial charge < -0.3 is 36.1 Å². The Labute approximate surface area is 265 Å². The summed E-state index contributed by atoms with van der Waals surface area (Å²) in [4.78, 5) is 79.2. The molecule has 3 aliphatic carbocycles. The molecule has 252 valence electrons. The number of ether oxygens (including phenoxy) is 2. The van der Waals surface area contributed by atoms with E-state index in [1.54, 1.807) is 0 Å². The molecular formula is C32H51N5O8. The zero-order chi connectivity index (χ0) is 33.3. The van der Waals surface area contributed by atoms with Gasteiger partial charge in [-0.05, 0) is 53.8 Å². The summed E-state index contributed by atoms with van der Waals surface area (Å²) in [6.07, 6.45) is 6.14. The molecule has 0 aromatic rings. The van der Waals surface area contributed by atoms with Crippen molar-refractivity contribution in [3.05, 3.63) is 0 Å². The molecule has 0 aromatic carbocycles. The monoisotopic (exact) mass is 633 g/mol. The molecule has 0 spiro atoms. The molecule has 1 unspecified atom stereocenters. The molecule has 1 heterocycles. The number of urea groups is 1. The van der Waals surface area contributed by atoms with E-state index in [0.717, 1.165) is 44.9 Å². The van der Waals surface area contributed by atoms with Crippen LogP contribution in [0.25, 0.3) is 0 Å². The third-order valence-corrected chi connectivity index (χ3v) is 10.7. The van der Waals surface area contributed by atoms with Gasteiger partial charge >= 0.3 is 12.2 Å². The molecule has 1 aliphatic heterocycles. The fourth-order valence-electron chi connectivity index (χ4n) is 7.56. The molecule has 4 fully saturated rings. The van der Waals surface area contributed by atoms with Gasteiger partial charge in [-0.25, -0.2) is 9.59 Å². The first-order valence-corrected chi connectivity index (χ1v) is 16.3. The maximum absolute atomic E-state index is 14.3. The van der Waals surface area contributed by atoms with E-state index >= 15 is 0 Å². The van der Waals surface area contributed by atoms with Gasteiger partial charge in [0.25, 0.3) is 5.91 Å². The summed E-state index contributed by atoms with van der Waals surface area (Å²) in [6.45, 7) is 9.88. The smallest absolute Gasteiger partial charge is 0.438 e. The van der Waals surface area contributed by atoms with Gasteiger partial charge in [-0.1, -0.05) is 66.7 Å². The van der Waals surface area contributed by atoms with Crippen LogP contribution in [-0.2, 0) is 28.7 Å². The minimum absolute atomic E-state index is 0.0578. The predicted molar refractivity (Wildman–Crippen MR) is 163 cm³/mol. The fourth-order valence-corrected chi connectivity index (χ4v) is 7.56. The number of hydrogen-bond donors (Lipinski definition) is 4. The normalized spacial score (nSPS) is 26.0. The van der Waals surface area contributed by atoms with Gasteiger partial charge in [0, 0.05) is 6.54 Å². The van der Waals surface area contributed by atoms with Crippen molar-refractivity contribution >= 4 is 35.7 Å². The number of piperidine rings is 1. The number of likely N-dealkylation sites (tertiary alicyclic amines) is 1. The minimum atomic E-state index is -1.10. The Hall–Kier alpha value is -3.38. The lowest BCUT2D eigenvalue weighted by molar-refractivity contribution is -0.145. The second-order valence-corrected chi connectivity index (χ2v) is 15.0. The molecule has 13 heteroatoms. The van der Waals surface area contributed by atoms with Crippen molar-refractivity contribution in [3.8, 4) is 0 Å². The van der Waals surface area contributed by atoms with Gasteiger partial charge in [-0.2, -0.15) is 0 Å². The Morgan fingerprint density at radius 2 is 1.60 bits per heavy atom. The van der Waals surface area contributed by atoms with Gasteiger partial charge in [0.2, 0.25) is 17.6 Å². The molecule has 4 aliphatic rings. The summed E-state index contributed by atoms with van der Waals surface area (Å²) in [6, 6.07) is -3.93. The Bertz CT molecular complexity index is 1170. The van der Waals surface area contributed by atoms with Crippen molar-refractivity contribution in [2.45, 2.75) is 110 Å². The van der Waals surface area contributed by atoms with Crippen LogP contribution in [0.1, 0.15) is 86.0 Å². The van der Waals surface area contributed by atoms with Crippen molar-refractivity contribution in [1.29, 1.82) is 0 Å². The molecule has 3 saturated carbocycles. The molecule has 0 radical (unpaired) electrons. The quantitative estimate of drug-likeness (QED) is 0.186. The number of amides is 5. The third kappa shape index (κ3) is 7.71. The summed E-state index contributed by atoms with van der Waals surface area (Å²) in [5, 5.41) is 8.56. The topological polar surface area (TPSA) is 186 Å². The van der Waals surface area contributed by atoms with Crippen LogP contribution in [0, 0.1) is 34.5 Å². The number of rotatable bonds is 12. The number of carbonyl (C=O) groups excluding carboxylic acids is 6. The molecule has 13 nitrogen and oxygen atoms in total. The number of nitrogens with zero attached hydrogens (tertiary/aromatic N) is 1. The van der Waals surface area contributed by atoms with Crippen molar-refractivity contribution in [2.75, 3.05) is 20.3 Å². The zero-order valence-corrected chi connectivity index (χ0v) is 27.5. The van der Waals surface area contributed by atoms with E-state index in [0.29, 0.717) is 13.0 Å². The molecule has 6 atom stereocenters. The number of nitrogens with one attached hydrogen (secondary N) is 3. The van der Waals surface area contributed by atoms with Crippen LogP contribution in [0.15, 0.2) is 0 Å². The number of Topliss-reactive ketones (excluding diaryl/α,β-unsaturated/α-hetero) is 1. The zero-order valence-electron chi connectivity index (χ0n) is 27.5. The molecule has 1 saturated heterocycles. The molecule has 5 N–H and O–H groups in total. The van der Waals surface area contributed by atoms with E-state index in [1.165, 1.54) is 12.0 Å². The third-order valence-electron chi connectivity index (χ3n) is 10.7. The largest absolute Gasteiger partial charge is 0.508 e. The second-order valence-electron chi connectivity index (χ2n) is 15.0. The van der Waals surface area contributed by atoms with Crippen molar-refractivity contribution in [3.63, 3.8) is 0 Å². The minimum Gasteiger partial charge on any atom is -0.438 e. The van der Waals surface area contributed by atoms with Crippen LogP contribution < -0.4 is 21.7 Å². The van der Waals surface area contributed by atoms with Gasteiger partial charge in [-0.15, -0.1) is 0 Å². The van der Waals surface area contributed by atoms with E-state index in [4.69, 9.17) is 10.5 Å². The number of carbonyl (C=O) groups is 6. The average molecular weight is 634 g/mol. The molecule has 4 rings (SSSR count). The van der Waals surface area contributed by atoms with E-state index in [1.807, 2.05) is 20.8 Å². The lowest BCUT2D eigenvalue weighted by atomic mass is 9.80. The standard InChI is InChI=1S/C32H51N5O8/c1-31(2,3)25(36-29(42)35-21(16-45-30(43)44-6)18-12-7-8-13-18)28(41)37-15-19-22(32(19,4)5)23(37)27(40)34-20(24(38)26(33)39)14-17-10-9-11-17/h17-23,25H,7-16H2,1-6H3,(H2,33,39)(H,34,40)(H2,35,36,42)/t19-,20?,21+,22-,23-,25+/m0/s1. The summed E-state index contributed by atoms with van der Waals surface area (Å²) in [7, 11) is 1.22. The van der Waals surface area contributed by atoms with Crippen LogP contribution in [-0.4, -0.2) is 85.0 Å². The van der Waals surface area contributed by atoms with Gasteiger partial charge in [0.15, 0.2) is 0 Å². The summed E-state index contributed by atoms with van der Waals surface area (Å²) in [5.74, 6) is -2.54. The molecule has 0 aromatic heterocycles. The van der Waals surface area contributed by atoms with Crippen LogP contribution in [0.2, 0.25) is 0 Å². The SMILES string of the molecule is COC(=O)OC[C@@H](NC(=O)N[C@H](C(=O)N1C[C@H]2[C@@H]([C@H]1C(=O)NC(CC1CCC1)C(=O)C(N)=O)C2(C)C)C(C)(C)C)C1CCCC1. The highest BCUT2D eigenvalue weighted by Gasteiger charge is 2.70. The highest BCUT2D eigenvalue weighted by molar-refractivity contribution is 6.37. The average Bonchev–Trinajstić information content (AvgIpc) is 3.40. The number of hydrogen-bond acceptors (Lipinski definition) is 8. The highest BCUT2D eigenvalue weighted by Crippen LogP contribution is 2.65. The Morgan fingerprint density at radius 1 is 0.956 bits per heavy atom. The Balaban J connectivity index is 1.50. The lowest BCUT2D eigenvalue weighted by Crippen LogP contribution is -2.62. The first-order valence-electron chi connectivity index (χ1n) is 16.3. The van der Waals surface area contributed by atoms with Crippen LogP contribution in [0.3, 0.4) is 0 Å². The van der Waals surface area contributed by atoms with Gasteiger partial charge in [0.05, 0.1) is 19.2 Å². The second kappa shape index (κ2) is 13.5. The Morgan fingerprint density at radius 3 is 2.13 bits per heavy atom. The number of nitrogens with two attached hydrogens (primary N) is 1. The summed E-state index contributed by atoms with van der Waals surface area (Å²) in [5.41, 5.74) is 4.41. The fraction of sp³-hybridized carbons (Fsp3) is 0.812. The van der Waals surface area contributed by atoms with Crippen LogP contribution in [0.4, 0.5) is 9.59 Å². The van der Waals surface area contributed by atoms with E-state index in [-0.39, 0.29) is 35.7 Å². The van der Waals surface area contributed by atoms with Gasteiger partial charge in [0.1, 0.15) is 18.7 Å². The molecular weight excluding hydrogens is 582 g/mol. The molecule has 5 amide bonds. The van der Waals surface area contributed by atoms with Crippen molar-refractivity contribution in [2.24, 2.45) is 40.2 Å². The highest BCUT2D eigenvalue weighted by atomic mass is 16.7. The van der Waals surface area contributed by atoms with Crippen LogP contribution >= 0.6 is 0 Å². The summed E-state index contributed by atoms with van der Waals surface area (Å²) < 4.78 is 9.75. The first kappa shape index (κ1) is 34.5. The van der Waals surface area contributed by atoms with E-state index in [9.17, 15) is 28.8 Å². The number of methoxy groups -OCH3 is 1. The molecule has 0 bridgehead atoms. The lowest BCUT2D eigenvalue weighted by Gasteiger charge is -2.38. The van der Waals surface area contributed by atoms with E-state index < -0.39 is 65.3 Å². The van der Waals surface area contributed by atoms with Crippen molar-refractivity contribution < 1.29 is 38.2 Å². The number of primary amides is 1. The maximum Gasteiger partial charge on any atom is 0.508 e. The van der Waals surface area contributed by atoms with E-state index in [2.05, 4.69) is 34.5 Å². The maximum atomic E-state index is 14.3. The summed E-state index contributed by atoms with van der Waals surface area (Å²) >= 11 is 0. The van der Waals surface area contributed by atoms with Gasteiger partial charge in [-0.3, -0.25) is 19.2 Å². The first-order chi connectivity index (χ1) is 21.1. The van der Waals surface area contributed by atoms with Crippen LogP contribution in [0.5, 0.6) is 0 Å². The van der Waals surface area contributed by atoms with Crippen molar-refractivity contribution in [1.82, 2.24) is 20.9 Å². The number of fused-ring (bicyclic) bond motifs is 1. The predicted octanol–water partition coefficient (Wildman–Crippen LogP) is 2.25. The molecule has 45 heavy (non-hydrogen) atoms.